The van der Waals surface area contributed by atoms with Crippen LogP contribution in [0.25, 0.3) is 11.5 Å². The molecule has 2 heterocycles. The Labute approximate surface area is 210 Å². The van der Waals surface area contributed by atoms with Crippen molar-refractivity contribution in [2.24, 2.45) is 0 Å². The Morgan fingerprint density at radius 1 is 1.17 bits per heavy atom. The first-order valence-corrected chi connectivity index (χ1v) is 12.4. The second-order valence-corrected chi connectivity index (χ2v) is 9.19. The van der Waals surface area contributed by atoms with Gasteiger partial charge in [-0.2, -0.15) is 4.98 Å². The number of nitrogens with zero attached hydrogens (tertiary/aromatic N) is 4. The number of rotatable bonds is 9. The van der Waals surface area contributed by atoms with Gasteiger partial charge in [-0.15, -0.1) is 0 Å². The lowest BCUT2D eigenvalue weighted by Gasteiger charge is -2.33. The van der Waals surface area contributed by atoms with Crippen molar-refractivity contribution in [3.63, 3.8) is 0 Å². The normalized spacial score (nSPS) is 16.0. The standard InChI is InChI=1S/C27H32FN5O3/c1-19-7-5-6-16-33(19)18-15-29-25(34)20-10-12-21(13-11-20)26-30-24(31-36-26)14-17-32(2)27(35)22-8-3-4-9-23(22)28/h3-4,8-13,19H,5-7,14-18H2,1-2H3,(H,29,34)/t19-/m1/s1. The monoisotopic (exact) mass is 493 g/mol. The molecule has 3 aromatic rings. The first-order chi connectivity index (χ1) is 17.4. The Morgan fingerprint density at radius 2 is 1.94 bits per heavy atom. The number of aromatic nitrogens is 2. The molecule has 1 saturated heterocycles. The third-order valence-corrected chi connectivity index (χ3v) is 6.61. The lowest BCUT2D eigenvalue weighted by molar-refractivity contribution is 0.0790. The van der Waals surface area contributed by atoms with Crippen LogP contribution in [-0.4, -0.2) is 71.0 Å². The lowest BCUT2D eigenvalue weighted by Crippen LogP contribution is -2.42. The van der Waals surface area contributed by atoms with Crippen LogP contribution in [0.2, 0.25) is 0 Å². The van der Waals surface area contributed by atoms with Crippen molar-refractivity contribution < 1.29 is 18.5 Å². The molecule has 4 rings (SSSR count). The number of piperidine rings is 1. The molecule has 8 nitrogen and oxygen atoms in total. The van der Waals surface area contributed by atoms with Crippen molar-refractivity contribution in [1.29, 1.82) is 0 Å². The zero-order valence-corrected chi connectivity index (χ0v) is 20.7. The molecule has 2 aromatic carbocycles. The molecule has 1 aliphatic rings. The van der Waals surface area contributed by atoms with E-state index >= 15 is 0 Å². The van der Waals surface area contributed by atoms with Gasteiger partial charge in [0.25, 0.3) is 17.7 Å². The molecule has 0 bridgehead atoms. The molecule has 0 unspecified atom stereocenters. The Kier molecular flexibility index (Phi) is 8.43. The van der Waals surface area contributed by atoms with Crippen LogP contribution in [0.3, 0.4) is 0 Å². The molecule has 1 aromatic heterocycles. The summed E-state index contributed by atoms with van der Waals surface area (Å²) >= 11 is 0. The van der Waals surface area contributed by atoms with E-state index < -0.39 is 11.7 Å². The number of benzene rings is 2. The number of carbonyl (C=O) groups is 2. The van der Waals surface area contributed by atoms with Crippen LogP contribution in [-0.2, 0) is 6.42 Å². The van der Waals surface area contributed by atoms with Gasteiger partial charge in [-0.25, -0.2) is 4.39 Å². The lowest BCUT2D eigenvalue weighted by atomic mass is 10.0. The zero-order chi connectivity index (χ0) is 25.5. The minimum Gasteiger partial charge on any atom is -0.351 e. The number of carbonyl (C=O) groups excluding carboxylic acids is 2. The van der Waals surface area contributed by atoms with Gasteiger partial charge in [0, 0.05) is 50.3 Å². The third-order valence-electron chi connectivity index (χ3n) is 6.61. The van der Waals surface area contributed by atoms with Gasteiger partial charge in [0.15, 0.2) is 5.82 Å². The van der Waals surface area contributed by atoms with Crippen molar-refractivity contribution in [1.82, 2.24) is 25.3 Å². The van der Waals surface area contributed by atoms with E-state index in [0.29, 0.717) is 48.4 Å². The number of likely N-dealkylation sites (tertiary alicyclic amines) is 1. The van der Waals surface area contributed by atoms with Crippen LogP contribution in [0.1, 0.15) is 52.7 Å². The summed E-state index contributed by atoms with van der Waals surface area (Å²) in [4.78, 5) is 33.2. The maximum Gasteiger partial charge on any atom is 0.257 e. The fourth-order valence-corrected chi connectivity index (χ4v) is 4.35. The second kappa shape index (κ2) is 11.9. The van der Waals surface area contributed by atoms with E-state index in [2.05, 4.69) is 27.3 Å². The largest absolute Gasteiger partial charge is 0.351 e. The molecule has 0 spiro atoms. The highest BCUT2D eigenvalue weighted by Gasteiger charge is 2.19. The number of amides is 2. The van der Waals surface area contributed by atoms with E-state index in [4.69, 9.17) is 4.52 Å². The fraction of sp³-hybridized carbons (Fsp3) is 0.407. The van der Waals surface area contributed by atoms with Gasteiger partial charge in [0.1, 0.15) is 5.82 Å². The molecule has 190 valence electrons. The Bertz CT molecular complexity index is 1180. The summed E-state index contributed by atoms with van der Waals surface area (Å²) in [7, 11) is 1.60. The molecule has 0 aliphatic carbocycles. The Balaban J connectivity index is 1.27. The minimum atomic E-state index is -0.551. The highest BCUT2D eigenvalue weighted by molar-refractivity contribution is 5.95. The summed E-state index contributed by atoms with van der Waals surface area (Å²) < 4.78 is 19.2. The summed E-state index contributed by atoms with van der Waals surface area (Å²) in [5.41, 5.74) is 1.29. The van der Waals surface area contributed by atoms with E-state index in [1.807, 2.05) is 0 Å². The quantitative estimate of drug-likeness (QED) is 0.488. The van der Waals surface area contributed by atoms with E-state index in [1.54, 1.807) is 43.4 Å². The molecule has 1 aliphatic heterocycles. The number of hydrogen-bond donors (Lipinski definition) is 1. The highest BCUT2D eigenvalue weighted by atomic mass is 19.1. The second-order valence-electron chi connectivity index (χ2n) is 9.19. The van der Waals surface area contributed by atoms with Gasteiger partial charge >= 0.3 is 0 Å². The molecular formula is C27H32FN5O3. The van der Waals surface area contributed by atoms with Crippen molar-refractivity contribution in [3.05, 3.63) is 71.3 Å². The van der Waals surface area contributed by atoms with Gasteiger partial charge in [-0.1, -0.05) is 23.7 Å². The first kappa shape index (κ1) is 25.5. The maximum atomic E-state index is 13.9. The van der Waals surface area contributed by atoms with E-state index in [1.165, 1.54) is 36.3 Å². The third kappa shape index (κ3) is 6.34. The van der Waals surface area contributed by atoms with E-state index in [-0.39, 0.29) is 11.5 Å². The van der Waals surface area contributed by atoms with Crippen LogP contribution < -0.4 is 5.32 Å². The number of halogens is 1. The molecular weight excluding hydrogens is 461 g/mol. The van der Waals surface area contributed by atoms with Gasteiger partial charge in [0.05, 0.1) is 5.56 Å². The highest BCUT2D eigenvalue weighted by Crippen LogP contribution is 2.19. The van der Waals surface area contributed by atoms with Gasteiger partial charge in [-0.05, 0) is 62.7 Å². The van der Waals surface area contributed by atoms with E-state index in [0.717, 1.165) is 13.1 Å². The smallest absolute Gasteiger partial charge is 0.257 e. The van der Waals surface area contributed by atoms with Gasteiger partial charge in [0.2, 0.25) is 0 Å². The SMILES string of the molecule is C[C@@H]1CCCCN1CCNC(=O)c1ccc(-c2nc(CCN(C)C(=O)c3ccccc3F)no2)cc1. The molecule has 1 atom stereocenters. The first-order valence-electron chi connectivity index (χ1n) is 12.4. The average Bonchev–Trinajstić information content (AvgIpc) is 3.37. The molecule has 0 saturated carbocycles. The predicted molar refractivity (Wildman–Crippen MR) is 134 cm³/mol. The van der Waals surface area contributed by atoms with E-state index in [9.17, 15) is 14.0 Å². The predicted octanol–water partition coefficient (Wildman–Crippen LogP) is 3.79. The van der Waals surface area contributed by atoms with Gasteiger partial charge < -0.3 is 14.7 Å². The van der Waals surface area contributed by atoms with Crippen molar-refractivity contribution >= 4 is 11.8 Å². The van der Waals surface area contributed by atoms with Crippen LogP contribution in [0, 0.1) is 5.82 Å². The van der Waals surface area contributed by atoms with Crippen molar-refractivity contribution in [2.75, 3.05) is 33.2 Å². The number of nitrogens with one attached hydrogen (secondary N) is 1. The van der Waals surface area contributed by atoms with Crippen LogP contribution in [0.5, 0.6) is 0 Å². The average molecular weight is 494 g/mol. The molecule has 36 heavy (non-hydrogen) atoms. The fourth-order valence-electron chi connectivity index (χ4n) is 4.35. The number of likely N-dealkylation sites (N-methyl/N-ethyl adjacent to an activating group) is 1. The summed E-state index contributed by atoms with van der Waals surface area (Å²) in [6.07, 6.45) is 4.08. The molecule has 1 N–H and O–H groups in total. The summed E-state index contributed by atoms with van der Waals surface area (Å²) in [5, 5.41) is 6.97. The Morgan fingerprint density at radius 3 is 2.69 bits per heavy atom. The topological polar surface area (TPSA) is 91.6 Å². The summed E-state index contributed by atoms with van der Waals surface area (Å²) in [6, 6.07) is 13.5. The molecule has 2 amide bonds. The summed E-state index contributed by atoms with van der Waals surface area (Å²) in [5.74, 6) is -0.299. The van der Waals surface area contributed by atoms with Crippen LogP contribution in [0.4, 0.5) is 4.39 Å². The van der Waals surface area contributed by atoms with Crippen molar-refractivity contribution in [2.45, 2.75) is 38.6 Å². The minimum absolute atomic E-state index is 0.0268. The van der Waals surface area contributed by atoms with Crippen molar-refractivity contribution in [3.8, 4) is 11.5 Å². The summed E-state index contributed by atoms with van der Waals surface area (Å²) in [6.45, 7) is 5.12. The molecule has 0 radical (unpaired) electrons. The molecule has 9 heteroatoms. The zero-order valence-electron chi connectivity index (χ0n) is 20.7. The Hall–Kier alpha value is -3.59. The van der Waals surface area contributed by atoms with Crippen LogP contribution >= 0.6 is 0 Å². The number of hydrogen-bond acceptors (Lipinski definition) is 6. The van der Waals surface area contributed by atoms with Gasteiger partial charge in [-0.3, -0.25) is 14.5 Å². The maximum absolute atomic E-state index is 13.9. The molecule has 1 fully saturated rings. The van der Waals surface area contributed by atoms with Crippen LogP contribution in [0.15, 0.2) is 53.1 Å².